The Morgan fingerprint density at radius 2 is 1.71 bits per heavy atom. The molecule has 6 nitrogen and oxygen atoms in total. The maximum Gasteiger partial charge on any atom is 0.449 e. The van der Waals surface area contributed by atoms with Gasteiger partial charge in [-0.1, -0.05) is 43.3 Å². The molecule has 1 heterocycles. The van der Waals surface area contributed by atoms with Crippen molar-refractivity contribution in [1.29, 1.82) is 0 Å². The number of nitrogens with zero attached hydrogens (tertiary/aromatic N) is 1. The van der Waals surface area contributed by atoms with Crippen LogP contribution in [-0.2, 0) is 11.0 Å². The Morgan fingerprint density at radius 1 is 1.00 bits per heavy atom. The Hall–Kier alpha value is -4.14. The zero-order valence-corrected chi connectivity index (χ0v) is 18.7. The molecule has 0 saturated heterocycles. The van der Waals surface area contributed by atoms with Gasteiger partial charge in [0, 0.05) is 12.0 Å². The summed E-state index contributed by atoms with van der Waals surface area (Å²) in [5.74, 6) is -1.06. The maximum absolute atomic E-state index is 13.0. The quantitative estimate of drug-likeness (QED) is 0.328. The Kier molecular flexibility index (Phi) is 6.86. The van der Waals surface area contributed by atoms with Gasteiger partial charge in [-0.05, 0) is 47.5 Å². The summed E-state index contributed by atoms with van der Waals surface area (Å²) in [5, 5.41) is 2.89. The second-order valence-corrected chi connectivity index (χ2v) is 7.86. The lowest BCUT2D eigenvalue weighted by Gasteiger charge is -2.20. The average Bonchev–Trinajstić information content (AvgIpc) is 3.31. The first-order valence-electron chi connectivity index (χ1n) is 10.9. The number of Topliss-reactive ketones (excluding diaryl/α,β-unsaturated/α-hetero) is 1. The summed E-state index contributed by atoms with van der Waals surface area (Å²) in [4.78, 5) is 30.4. The van der Waals surface area contributed by atoms with Crippen LogP contribution in [0.15, 0.2) is 72.8 Å². The van der Waals surface area contributed by atoms with E-state index in [0.717, 1.165) is 5.56 Å². The highest BCUT2D eigenvalue weighted by Gasteiger charge is 2.34. The second-order valence-electron chi connectivity index (χ2n) is 7.86. The molecule has 9 heteroatoms. The minimum absolute atomic E-state index is 0.0107. The van der Waals surface area contributed by atoms with Crippen LogP contribution in [0.5, 0.6) is 5.75 Å². The molecule has 1 amide bonds. The molecule has 2 N–H and O–H groups in total. The topological polar surface area (TPSA) is 84.1 Å². The molecule has 0 fully saturated rings. The molecule has 0 aliphatic rings. The van der Waals surface area contributed by atoms with Crippen LogP contribution in [0.4, 0.5) is 13.2 Å². The standard InChI is InChI=1S/C26H22F3N3O3/c1-2-22(33)16-8-11-19(12-9-16)35-15-23(34)32-24(17-6-4-3-5-7-17)18-10-13-20-21(14-18)31-25(30-20)26(27,28)29/h3-14,24H,2,15H2,1H3,(H,30,31)(H,32,34). The van der Waals surface area contributed by atoms with Crippen molar-refractivity contribution in [2.75, 3.05) is 6.61 Å². The number of amides is 1. The van der Waals surface area contributed by atoms with Crippen LogP contribution in [0.3, 0.4) is 0 Å². The van der Waals surface area contributed by atoms with Gasteiger partial charge in [0.2, 0.25) is 5.82 Å². The molecular formula is C26H22F3N3O3. The number of carbonyl (C=O) groups is 2. The molecule has 35 heavy (non-hydrogen) atoms. The summed E-state index contributed by atoms with van der Waals surface area (Å²) in [7, 11) is 0. The van der Waals surface area contributed by atoms with Crippen LogP contribution in [0.1, 0.15) is 46.7 Å². The molecule has 0 saturated carbocycles. The lowest BCUT2D eigenvalue weighted by atomic mass is 9.98. The molecule has 0 aliphatic heterocycles. The molecular weight excluding hydrogens is 459 g/mol. The summed E-state index contributed by atoms with van der Waals surface area (Å²) in [6, 6.07) is 19.6. The van der Waals surface area contributed by atoms with Crippen molar-refractivity contribution >= 4 is 22.7 Å². The van der Waals surface area contributed by atoms with Gasteiger partial charge in [0.05, 0.1) is 17.1 Å². The van der Waals surface area contributed by atoms with E-state index >= 15 is 0 Å². The molecule has 0 bridgehead atoms. The van der Waals surface area contributed by atoms with E-state index in [-0.39, 0.29) is 23.4 Å². The number of benzene rings is 3. The van der Waals surface area contributed by atoms with E-state index in [9.17, 15) is 22.8 Å². The summed E-state index contributed by atoms with van der Waals surface area (Å²) < 4.78 is 44.7. The first kappa shape index (κ1) is 24.0. The predicted molar refractivity (Wildman–Crippen MR) is 124 cm³/mol. The number of halogens is 3. The number of aromatic amines is 1. The lowest BCUT2D eigenvalue weighted by Crippen LogP contribution is -2.33. The van der Waals surface area contributed by atoms with Gasteiger partial charge in [0.1, 0.15) is 5.75 Å². The summed E-state index contributed by atoms with van der Waals surface area (Å²) in [5.41, 5.74) is 2.28. The largest absolute Gasteiger partial charge is 0.484 e. The van der Waals surface area contributed by atoms with E-state index in [0.29, 0.717) is 23.3 Å². The number of alkyl halides is 3. The smallest absolute Gasteiger partial charge is 0.449 e. The highest BCUT2D eigenvalue weighted by Crippen LogP contribution is 2.30. The summed E-state index contributed by atoms with van der Waals surface area (Å²) in [6.45, 7) is 1.49. The van der Waals surface area contributed by atoms with Gasteiger partial charge in [-0.2, -0.15) is 13.2 Å². The minimum atomic E-state index is -4.59. The summed E-state index contributed by atoms with van der Waals surface area (Å²) in [6.07, 6.45) is -4.20. The third-order valence-electron chi connectivity index (χ3n) is 5.41. The number of ketones is 1. The zero-order valence-electron chi connectivity index (χ0n) is 18.7. The van der Waals surface area contributed by atoms with Gasteiger partial charge in [0.25, 0.3) is 5.91 Å². The third-order valence-corrected chi connectivity index (χ3v) is 5.41. The number of rotatable bonds is 8. The number of aromatic nitrogens is 2. The predicted octanol–water partition coefficient (Wildman–Crippen LogP) is 5.46. The van der Waals surface area contributed by atoms with Crippen molar-refractivity contribution in [2.24, 2.45) is 0 Å². The molecule has 4 rings (SSSR count). The Morgan fingerprint density at radius 3 is 2.37 bits per heavy atom. The number of fused-ring (bicyclic) bond motifs is 1. The van der Waals surface area contributed by atoms with Crippen LogP contribution >= 0.6 is 0 Å². The fourth-order valence-electron chi connectivity index (χ4n) is 3.64. The monoisotopic (exact) mass is 481 g/mol. The van der Waals surface area contributed by atoms with E-state index in [1.807, 2.05) is 18.2 Å². The van der Waals surface area contributed by atoms with Crippen molar-refractivity contribution < 1.29 is 27.5 Å². The van der Waals surface area contributed by atoms with E-state index < -0.39 is 23.9 Å². The fourth-order valence-corrected chi connectivity index (χ4v) is 3.64. The number of carbonyl (C=O) groups excluding carboxylic acids is 2. The van der Waals surface area contributed by atoms with E-state index in [1.54, 1.807) is 55.5 Å². The number of hydrogen-bond acceptors (Lipinski definition) is 4. The number of ether oxygens (including phenoxy) is 1. The first-order valence-corrected chi connectivity index (χ1v) is 10.9. The zero-order chi connectivity index (χ0) is 25.0. The SMILES string of the molecule is CCC(=O)c1ccc(OCC(=O)NC(c2ccccc2)c2ccc3nc(C(F)(F)F)[nH]c3c2)cc1. The van der Waals surface area contributed by atoms with Crippen molar-refractivity contribution in [3.8, 4) is 5.75 Å². The molecule has 1 unspecified atom stereocenters. The van der Waals surface area contributed by atoms with Crippen molar-refractivity contribution in [3.63, 3.8) is 0 Å². The molecule has 0 aliphatic carbocycles. The third kappa shape index (κ3) is 5.68. The fraction of sp³-hybridized carbons (Fsp3) is 0.192. The van der Waals surface area contributed by atoms with Crippen molar-refractivity contribution in [3.05, 3.63) is 95.3 Å². The summed E-state index contributed by atoms with van der Waals surface area (Å²) >= 11 is 0. The van der Waals surface area contributed by atoms with Crippen LogP contribution in [0, 0.1) is 0 Å². The molecule has 0 spiro atoms. The molecule has 0 radical (unpaired) electrons. The van der Waals surface area contributed by atoms with Gasteiger partial charge in [-0.25, -0.2) is 4.98 Å². The number of nitrogens with one attached hydrogen (secondary N) is 2. The molecule has 3 aromatic carbocycles. The number of H-pyrrole nitrogens is 1. The Balaban J connectivity index is 1.52. The highest BCUT2D eigenvalue weighted by atomic mass is 19.4. The minimum Gasteiger partial charge on any atom is -0.484 e. The van der Waals surface area contributed by atoms with Gasteiger partial charge in [-0.3, -0.25) is 9.59 Å². The normalized spacial score (nSPS) is 12.3. The van der Waals surface area contributed by atoms with Gasteiger partial charge in [0.15, 0.2) is 12.4 Å². The van der Waals surface area contributed by atoms with Crippen LogP contribution < -0.4 is 10.1 Å². The van der Waals surface area contributed by atoms with Gasteiger partial charge >= 0.3 is 6.18 Å². The maximum atomic E-state index is 13.0. The number of hydrogen-bond donors (Lipinski definition) is 2. The van der Waals surface area contributed by atoms with E-state index in [2.05, 4.69) is 15.3 Å². The average molecular weight is 481 g/mol. The molecule has 180 valence electrons. The number of imidazole rings is 1. The Labute approximate surface area is 199 Å². The van der Waals surface area contributed by atoms with Crippen LogP contribution in [-0.4, -0.2) is 28.3 Å². The van der Waals surface area contributed by atoms with Crippen LogP contribution in [0.25, 0.3) is 11.0 Å². The van der Waals surface area contributed by atoms with Gasteiger partial charge < -0.3 is 15.0 Å². The molecule has 4 aromatic rings. The van der Waals surface area contributed by atoms with Gasteiger partial charge in [-0.15, -0.1) is 0 Å². The lowest BCUT2D eigenvalue weighted by molar-refractivity contribution is -0.144. The first-order chi connectivity index (χ1) is 16.7. The van der Waals surface area contributed by atoms with Crippen molar-refractivity contribution in [1.82, 2.24) is 15.3 Å². The second kappa shape index (κ2) is 10.0. The molecule has 1 aromatic heterocycles. The van der Waals surface area contributed by atoms with Crippen LogP contribution in [0.2, 0.25) is 0 Å². The Bertz CT molecular complexity index is 1330. The van der Waals surface area contributed by atoms with E-state index in [1.165, 1.54) is 6.07 Å². The van der Waals surface area contributed by atoms with E-state index in [4.69, 9.17) is 4.74 Å². The van der Waals surface area contributed by atoms with Crippen molar-refractivity contribution in [2.45, 2.75) is 25.6 Å². The molecule has 1 atom stereocenters. The highest BCUT2D eigenvalue weighted by molar-refractivity contribution is 5.95.